The van der Waals surface area contributed by atoms with Crippen LogP contribution in [-0.4, -0.2) is 31.5 Å². The minimum absolute atomic E-state index is 0.0726. The molecule has 0 aliphatic rings. The summed E-state index contributed by atoms with van der Waals surface area (Å²) in [5.41, 5.74) is 6.85. The first-order valence-electron chi connectivity index (χ1n) is 8.33. The molecular weight excluding hydrogens is 396 g/mol. The van der Waals surface area contributed by atoms with E-state index in [2.05, 4.69) is 15.5 Å². The van der Waals surface area contributed by atoms with Gasteiger partial charge in [-0.1, -0.05) is 23.9 Å². The summed E-state index contributed by atoms with van der Waals surface area (Å²) >= 11 is 1.25. The number of anilines is 1. The van der Waals surface area contributed by atoms with Crippen molar-refractivity contribution < 1.29 is 14.5 Å². The molecule has 3 aromatic rings. The van der Waals surface area contributed by atoms with E-state index in [4.69, 9.17) is 5.73 Å². The molecule has 0 fully saturated rings. The summed E-state index contributed by atoms with van der Waals surface area (Å²) in [6.07, 6.45) is 1.51. The van der Waals surface area contributed by atoms with Crippen molar-refractivity contribution in [3.8, 4) is 5.69 Å². The number of carbonyl (C=O) groups is 2. The minimum Gasteiger partial charge on any atom is -0.366 e. The van der Waals surface area contributed by atoms with Crippen LogP contribution in [0.1, 0.15) is 22.8 Å². The molecule has 11 heteroatoms. The Hall–Kier alpha value is -3.73. The van der Waals surface area contributed by atoms with Gasteiger partial charge in [0.2, 0.25) is 11.8 Å². The number of nitrogens with one attached hydrogen (secondary N) is 1. The van der Waals surface area contributed by atoms with Gasteiger partial charge in [0.15, 0.2) is 5.16 Å². The summed E-state index contributed by atoms with van der Waals surface area (Å²) in [5, 5.41) is 22.5. The topological polar surface area (TPSA) is 146 Å². The largest absolute Gasteiger partial charge is 0.366 e. The third kappa shape index (κ3) is 4.76. The first-order valence-corrected chi connectivity index (χ1v) is 9.31. The maximum absolute atomic E-state index is 11.3. The monoisotopic (exact) mass is 412 g/mol. The van der Waals surface area contributed by atoms with Crippen LogP contribution in [0.3, 0.4) is 0 Å². The molecule has 0 saturated heterocycles. The van der Waals surface area contributed by atoms with Gasteiger partial charge in [0, 0.05) is 35.6 Å². The summed E-state index contributed by atoms with van der Waals surface area (Å²) in [6, 6.07) is 11.2. The van der Waals surface area contributed by atoms with Crippen LogP contribution in [0, 0.1) is 10.1 Å². The predicted molar refractivity (Wildman–Crippen MR) is 107 cm³/mol. The Morgan fingerprint density at radius 1 is 1.28 bits per heavy atom. The van der Waals surface area contributed by atoms with Crippen LogP contribution >= 0.6 is 11.8 Å². The number of primary amides is 1. The first-order chi connectivity index (χ1) is 13.8. The second kappa shape index (κ2) is 8.52. The fourth-order valence-corrected chi connectivity index (χ4v) is 3.51. The van der Waals surface area contributed by atoms with E-state index in [1.807, 2.05) is 6.07 Å². The standard InChI is InChI=1S/C18H16N6O4S/c1-11(25)21-14-3-2-4-15(8-14)23-10-20-22-18(23)29-9-13-6-5-12(17(19)26)7-16(13)24(27)28/h2-8,10H,9H2,1H3,(H2,19,26)(H,21,25). The summed E-state index contributed by atoms with van der Waals surface area (Å²) in [5.74, 6) is -0.683. The Bertz CT molecular complexity index is 1100. The molecule has 0 unspecified atom stereocenters. The van der Waals surface area contributed by atoms with Gasteiger partial charge in [-0.05, 0) is 24.3 Å². The molecule has 0 spiro atoms. The molecule has 0 atom stereocenters. The fraction of sp³-hybridized carbons (Fsp3) is 0.111. The SMILES string of the molecule is CC(=O)Nc1cccc(-n2cnnc2SCc2ccc(C(N)=O)cc2[N+](=O)[O-])c1. The van der Waals surface area contributed by atoms with E-state index in [-0.39, 0.29) is 22.9 Å². The Morgan fingerprint density at radius 2 is 2.07 bits per heavy atom. The van der Waals surface area contributed by atoms with Crippen molar-refractivity contribution in [2.45, 2.75) is 17.8 Å². The van der Waals surface area contributed by atoms with E-state index >= 15 is 0 Å². The van der Waals surface area contributed by atoms with Crippen molar-refractivity contribution in [1.82, 2.24) is 14.8 Å². The lowest BCUT2D eigenvalue weighted by Crippen LogP contribution is -2.11. The first kappa shape index (κ1) is 20.0. The van der Waals surface area contributed by atoms with Crippen LogP contribution in [0.4, 0.5) is 11.4 Å². The van der Waals surface area contributed by atoms with Crippen molar-refractivity contribution in [2.75, 3.05) is 5.32 Å². The second-order valence-electron chi connectivity index (χ2n) is 5.97. The molecule has 1 aromatic heterocycles. The number of hydrogen-bond donors (Lipinski definition) is 2. The molecule has 29 heavy (non-hydrogen) atoms. The third-order valence-corrected chi connectivity index (χ3v) is 4.88. The maximum Gasteiger partial charge on any atom is 0.274 e. The van der Waals surface area contributed by atoms with Crippen LogP contribution in [0.15, 0.2) is 53.9 Å². The number of rotatable bonds is 7. The molecule has 10 nitrogen and oxygen atoms in total. The molecule has 1 heterocycles. The minimum atomic E-state index is -0.730. The lowest BCUT2D eigenvalue weighted by atomic mass is 10.1. The van der Waals surface area contributed by atoms with Crippen molar-refractivity contribution in [3.63, 3.8) is 0 Å². The van der Waals surface area contributed by atoms with Crippen molar-refractivity contribution in [1.29, 1.82) is 0 Å². The molecule has 0 bridgehead atoms. The van der Waals surface area contributed by atoms with Gasteiger partial charge >= 0.3 is 0 Å². The Kier molecular flexibility index (Phi) is 5.88. The van der Waals surface area contributed by atoms with E-state index in [1.165, 1.54) is 43.2 Å². The maximum atomic E-state index is 11.3. The highest BCUT2D eigenvalue weighted by molar-refractivity contribution is 7.98. The number of aromatic nitrogens is 3. The van der Waals surface area contributed by atoms with Gasteiger partial charge < -0.3 is 11.1 Å². The average Bonchev–Trinajstić information content (AvgIpc) is 3.14. The van der Waals surface area contributed by atoms with E-state index in [0.29, 0.717) is 16.4 Å². The summed E-state index contributed by atoms with van der Waals surface area (Å²) in [6.45, 7) is 1.42. The number of amides is 2. The molecule has 0 aliphatic carbocycles. The molecule has 148 valence electrons. The van der Waals surface area contributed by atoms with Gasteiger partial charge in [-0.3, -0.25) is 24.3 Å². The zero-order valence-electron chi connectivity index (χ0n) is 15.2. The van der Waals surface area contributed by atoms with Crippen LogP contribution in [0.25, 0.3) is 5.69 Å². The number of nitro benzene ring substituents is 1. The lowest BCUT2D eigenvalue weighted by molar-refractivity contribution is -0.385. The molecule has 3 rings (SSSR count). The Balaban J connectivity index is 1.84. The summed E-state index contributed by atoms with van der Waals surface area (Å²) in [4.78, 5) is 33.3. The van der Waals surface area contributed by atoms with Gasteiger partial charge in [0.25, 0.3) is 5.69 Å². The van der Waals surface area contributed by atoms with Crippen molar-refractivity contribution in [2.24, 2.45) is 5.73 Å². The molecule has 0 saturated carbocycles. The van der Waals surface area contributed by atoms with Crippen LogP contribution in [-0.2, 0) is 10.5 Å². The number of thioether (sulfide) groups is 1. The summed E-state index contributed by atoms with van der Waals surface area (Å²) < 4.78 is 1.71. The average molecular weight is 412 g/mol. The van der Waals surface area contributed by atoms with E-state index in [9.17, 15) is 19.7 Å². The van der Waals surface area contributed by atoms with Crippen LogP contribution in [0.5, 0.6) is 0 Å². The molecular formula is C18H16N6O4S. The molecule has 0 aliphatic heterocycles. The fourth-order valence-electron chi connectivity index (χ4n) is 2.59. The van der Waals surface area contributed by atoms with E-state index in [0.717, 1.165) is 5.69 Å². The van der Waals surface area contributed by atoms with Gasteiger partial charge in [0.05, 0.1) is 10.6 Å². The number of hydrogen-bond acceptors (Lipinski definition) is 7. The zero-order chi connectivity index (χ0) is 21.0. The number of nitrogens with two attached hydrogens (primary N) is 1. The highest BCUT2D eigenvalue weighted by atomic mass is 32.2. The normalized spacial score (nSPS) is 10.5. The number of nitrogens with zero attached hydrogens (tertiary/aromatic N) is 4. The number of carbonyl (C=O) groups excluding carboxylic acids is 2. The van der Waals surface area contributed by atoms with Crippen molar-refractivity contribution >= 4 is 35.0 Å². The third-order valence-electron chi connectivity index (χ3n) is 3.88. The number of nitro groups is 1. The van der Waals surface area contributed by atoms with E-state index < -0.39 is 10.8 Å². The smallest absolute Gasteiger partial charge is 0.274 e. The Labute approximate surface area is 169 Å². The second-order valence-corrected chi connectivity index (χ2v) is 6.91. The van der Waals surface area contributed by atoms with Crippen LogP contribution < -0.4 is 11.1 Å². The Morgan fingerprint density at radius 3 is 2.76 bits per heavy atom. The van der Waals surface area contributed by atoms with Gasteiger partial charge in [-0.25, -0.2) is 0 Å². The number of benzene rings is 2. The van der Waals surface area contributed by atoms with Gasteiger partial charge in [-0.2, -0.15) is 0 Å². The quantitative estimate of drug-likeness (QED) is 0.344. The molecule has 2 amide bonds. The lowest BCUT2D eigenvalue weighted by Gasteiger charge is -2.09. The van der Waals surface area contributed by atoms with Gasteiger partial charge in [0.1, 0.15) is 6.33 Å². The highest BCUT2D eigenvalue weighted by Gasteiger charge is 2.18. The zero-order valence-corrected chi connectivity index (χ0v) is 16.0. The van der Waals surface area contributed by atoms with Crippen molar-refractivity contribution in [3.05, 3.63) is 70.0 Å². The van der Waals surface area contributed by atoms with Crippen LogP contribution in [0.2, 0.25) is 0 Å². The highest BCUT2D eigenvalue weighted by Crippen LogP contribution is 2.29. The van der Waals surface area contributed by atoms with Gasteiger partial charge in [-0.15, -0.1) is 10.2 Å². The van der Waals surface area contributed by atoms with E-state index in [1.54, 1.807) is 22.8 Å². The molecule has 2 aromatic carbocycles. The molecule has 0 radical (unpaired) electrons. The predicted octanol–water partition coefficient (Wildman–Crippen LogP) is 2.53. The summed E-state index contributed by atoms with van der Waals surface area (Å²) in [7, 11) is 0. The molecule has 3 N–H and O–H groups in total.